The van der Waals surface area contributed by atoms with Crippen molar-refractivity contribution in [3.63, 3.8) is 0 Å². The van der Waals surface area contributed by atoms with E-state index in [1.54, 1.807) is 19.1 Å². The molecule has 2 rings (SSSR count). The van der Waals surface area contributed by atoms with E-state index in [9.17, 15) is 12.8 Å². The molecule has 0 aromatic heterocycles. The molecule has 0 aliphatic carbocycles. The lowest BCUT2D eigenvalue weighted by Gasteiger charge is -2.37. The van der Waals surface area contributed by atoms with Crippen molar-refractivity contribution in [1.82, 2.24) is 5.32 Å². The second-order valence-electron chi connectivity index (χ2n) is 5.64. The maximum atomic E-state index is 13.5. The molecule has 1 aromatic rings. The summed E-state index contributed by atoms with van der Waals surface area (Å²) in [6.07, 6.45) is 0. The van der Waals surface area contributed by atoms with Gasteiger partial charge in [0.15, 0.2) is 9.84 Å². The maximum Gasteiger partial charge on any atom is 0.153 e. The van der Waals surface area contributed by atoms with Gasteiger partial charge in [-0.1, -0.05) is 12.1 Å². The fourth-order valence-electron chi connectivity index (χ4n) is 2.42. The molecule has 1 aliphatic rings. The Balaban J connectivity index is 2.35. The summed E-state index contributed by atoms with van der Waals surface area (Å²) in [6, 6.07) is 4.55. The Kier molecular flexibility index (Phi) is 3.23. The first-order valence-corrected chi connectivity index (χ1v) is 7.75. The van der Waals surface area contributed by atoms with Crippen molar-refractivity contribution in [3.05, 3.63) is 35.1 Å². The van der Waals surface area contributed by atoms with Gasteiger partial charge in [-0.2, -0.15) is 0 Å². The van der Waals surface area contributed by atoms with Gasteiger partial charge in [0.2, 0.25) is 0 Å². The first kappa shape index (κ1) is 13.5. The van der Waals surface area contributed by atoms with E-state index in [0.29, 0.717) is 11.1 Å². The molecular formula is C13H18FNO2S. The largest absolute Gasteiger partial charge is 0.303 e. The fraction of sp³-hybridized carbons (Fsp3) is 0.538. The molecule has 1 unspecified atom stereocenters. The lowest BCUT2D eigenvalue weighted by Crippen LogP contribution is -2.54. The average Bonchev–Trinajstić information content (AvgIpc) is 2.17. The van der Waals surface area contributed by atoms with E-state index in [1.807, 2.05) is 13.8 Å². The average molecular weight is 271 g/mol. The van der Waals surface area contributed by atoms with Gasteiger partial charge in [0, 0.05) is 11.6 Å². The van der Waals surface area contributed by atoms with Crippen molar-refractivity contribution in [3.8, 4) is 0 Å². The summed E-state index contributed by atoms with van der Waals surface area (Å²) in [6.45, 7) is 5.39. The van der Waals surface area contributed by atoms with E-state index in [2.05, 4.69) is 5.32 Å². The lowest BCUT2D eigenvalue weighted by molar-refractivity contribution is 0.359. The quantitative estimate of drug-likeness (QED) is 0.849. The second kappa shape index (κ2) is 4.31. The number of aryl methyl sites for hydroxylation is 1. The molecule has 0 radical (unpaired) electrons. The molecule has 0 spiro atoms. The second-order valence-corrected chi connectivity index (χ2v) is 7.75. The number of rotatable bonds is 1. The highest BCUT2D eigenvalue weighted by Gasteiger charge is 2.36. The summed E-state index contributed by atoms with van der Waals surface area (Å²) < 4.78 is 37.3. The van der Waals surface area contributed by atoms with Gasteiger partial charge in [-0.05, 0) is 38.0 Å². The number of sulfone groups is 1. The van der Waals surface area contributed by atoms with Gasteiger partial charge in [-0.25, -0.2) is 12.8 Å². The zero-order valence-corrected chi connectivity index (χ0v) is 11.6. The summed E-state index contributed by atoms with van der Waals surface area (Å²) in [5.74, 6) is -0.154. The molecule has 1 heterocycles. The fourth-order valence-corrected chi connectivity index (χ4v) is 4.51. The van der Waals surface area contributed by atoms with E-state index >= 15 is 0 Å². The number of hydrogen-bond acceptors (Lipinski definition) is 3. The van der Waals surface area contributed by atoms with Gasteiger partial charge in [-0.15, -0.1) is 0 Å². The Labute approximate surface area is 107 Å². The Bertz CT molecular complexity index is 566. The SMILES string of the molecule is Cc1ccc(C2CS(=O)(=O)CC(C)(C)N2)cc1F. The summed E-state index contributed by atoms with van der Waals surface area (Å²) in [7, 11) is -3.10. The Morgan fingerprint density at radius 2 is 2.06 bits per heavy atom. The van der Waals surface area contributed by atoms with Gasteiger partial charge in [-0.3, -0.25) is 0 Å². The van der Waals surface area contributed by atoms with E-state index < -0.39 is 15.4 Å². The van der Waals surface area contributed by atoms with Crippen LogP contribution in [0.3, 0.4) is 0 Å². The standard InChI is InChI=1S/C13H18FNO2S/c1-9-4-5-10(6-11(9)14)12-7-18(16,17)8-13(2,3)15-12/h4-6,12,15H,7-8H2,1-3H3. The third-order valence-corrected chi connectivity index (χ3v) is 5.17. The van der Waals surface area contributed by atoms with Crippen LogP contribution < -0.4 is 5.32 Å². The van der Waals surface area contributed by atoms with Crippen molar-refractivity contribution in [1.29, 1.82) is 0 Å². The smallest absolute Gasteiger partial charge is 0.153 e. The third kappa shape index (κ3) is 2.90. The van der Waals surface area contributed by atoms with Crippen LogP contribution in [0.5, 0.6) is 0 Å². The summed E-state index contributed by atoms with van der Waals surface area (Å²) >= 11 is 0. The molecule has 0 saturated carbocycles. The van der Waals surface area contributed by atoms with Crippen LogP contribution in [0.25, 0.3) is 0 Å². The zero-order valence-electron chi connectivity index (χ0n) is 10.8. The first-order chi connectivity index (χ1) is 8.19. The van der Waals surface area contributed by atoms with Crippen LogP contribution in [0.15, 0.2) is 18.2 Å². The van der Waals surface area contributed by atoms with Gasteiger partial charge >= 0.3 is 0 Å². The van der Waals surface area contributed by atoms with E-state index in [1.165, 1.54) is 6.07 Å². The molecule has 18 heavy (non-hydrogen) atoms. The monoisotopic (exact) mass is 271 g/mol. The topological polar surface area (TPSA) is 46.2 Å². The molecule has 1 aliphatic heterocycles. The molecule has 0 amide bonds. The summed E-state index contributed by atoms with van der Waals surface area (Å²) in [5, 5.41) is 3.27. The molecular weight excluding hydrogens is 253 g/mol. The molecule has 1 atom stereocenters. The van der Waals surface area contributed by atoms with Gasteiger partial charge in [0.05, 0.1) is 11.5 Å². The molecule has 1 saturated heterocycles. The maximum absolute atomic E-state index is 13.5. The van der Waals surface area contributed by atoms with Crippen LogP contribution in [0.4, 0.5) is 4.39 Å². The number of nitrogens with one attached hydrogen (secondary N) is 1. The summed E-state index contributed by atoms with van der Waals surface area (Å²) in [4.78, 5) is 0. The van der Waals surface area contributed by atoms with Crippen LogP contribution >= 0.6 is 0 Å². The zero-order chi connectivity index (χ0) is 13.6. The molecule has 1 N–H and O–H groups in total. The molecule has 5 heteroatoms. The first-order valence-electron chi connectivity index (χ1n) is 5.93. The van der Waals surface area contributed by atoms with Crippen molar-refractivity contribution in [2.24, 2.45) is 0 Å². The van der Waals surface area contributed by atoms with Gasteiger partial charge in [0.1, 0.15) is 5.82 Å². The molecule has 100 valence electrons. The van der Waals surface area contributed by atoms with E-state index in [4.69, 9.17) is 0 Å². The van der Waals surface area contributed by atoms with Crippen molar-refractivity contribution >= 4 is 9.84 Å². The minimum atomic E-state index is -3.10. The Hall–Kier alpha value is -0.940. The lowest BCUT2D eigenvalue weighted by atomic mass is 10.0. The Morgan fingerprint density at radius 3 is 2.61 bits per heavy atom. The highest BCUT2D eigenvalue weighted by molar-refractivity contribution is 7.91. The number of halogens is 1. The molecule has 0 bridgehead atoms. The number of hydrogen-bond donors (Lipinski definition) is 1. The minimum Gasteiger partial charge on any atom is -0.303 e. The van der Waals surface area contributed by atoms with E-state index in [-0.39, 0.29) is 23.4 Å². The van der Waals surface area contributed by atoms with E-state index in [0.717, 1.165) is 0 Å². The van der Waals surface area contributed by atoms with Crippen LogP contribution in [0, 0.1) is 12.7 Å². The molecule has 1 aromatic carbocycles. The predicted octanol–water partition coefficient (Wildman–Crippen LogP) is 1.97. The van der Waals surface area contributed by atoms with Crippen LogP contribution in [-0.2, 0) is 9.84 Å². The molecule has 1 fully saturated rings. The highest BCUT2D eigenvalue weighted by Crippen LogP contribution is 2.26. The third-order valence-electron chi connectivity index (χ3n) is 3.16. The summed E-state index contributed by atoms with van der Waals surface area (Å²) in [5.41, 5.74) is 0.773. The highest BCUT2D eigenvalue weighted by atomic mass is 32.2. The van der Waals surface area contributed by atoms with Crippen LogP contribution in [0.1, 0.15) is 31.0 Å². The predicted molar refractivity (Wildman–Crippen MR) is 69.7 cm³/mol. The van der Waals surface area contributed by atoms with Crippen molar-refractivity contribution in [2.75, 3.05) is 11.5 Å². The molecule has 3 nitrogen and oxygen atoms in total. The van der Waals surface area contributed by atoms with Gasteiger partial charge in [0.25, 0.3) is 0 Å². The number of benzene rings is 1. The van der Waals surface area contributed by atoms with Crippen molar-refractivity contribution in [2.45, 2.75) is 32.4 Å². The van der Waals surface area contributed by atoms with Crippen LogP contribution in [0.2, 0.25) is 0 Å². The van der Waals surface area contributed by atoms with Crippen LogP contribution in [-0.4, -0.2) is 25.5 Å². The van der Waals surface area contributed by atoms with Crippen molar-refractivity contribution < 1.29 is 12.8 Å². The Morgan fingerprint density at radius 1 is 1.39 bits per heavy atom. The normalized spacial score (nSPS) is 25.9. The van der Waals surface area contributed by atoms with Gasteiger partial charge < -0.3 is 5.32 Å². The minimum absolute atomic E-state index is 0.0267.